The van der Waals surface area contributed by atoms with Gasteiger partial charge in [0, 0.05) is 12.5 Å². The van der Waals surface area contributed by atoms with Crippen molar-refractivity contribution in [2.45, 2.75) is 45.6 Å². The van der Waals surface area contributed by atoms with Crippen LogP contribution in [-0.4, -0.2) is 35.4 Å². The van der Waals surface area contributed by atoms with Gasteiger partial charge < -0.3 is 15.5 Å². The highest BCUT2D eigenvalue weighted by molar-refractivity contribution is 5.66. The maximum atomic E-state index is 10.2. The molecule has 0 bridgehead atoms. The Morgan fingerprint density at radius 1 is 1.27 bits per heavy atom. The molecule has 0 rings (SSSR count). The highest BCUT2D eigenvalue weighted by Gasteiger charge is 2.09. The summed E-state index contributed by atoms with van der Waals surface area (Å²) in [6, 6.07) is 0.157. The number of carboxylic acid groups (broad SMARTS) is 1. The van der Waals surface area contributed by atoms with Crippen molar-refractivity contribution in [3.05, 3.63) is 0 Å². The Morgan fingerprint density at radius 3 is 2.40 bits per heavy atom. The molecule has 0 aliphatic heterocycles. The number of rotatable bonds is 9. The molecule has 0 aliphatic carbocycles. The lowest BCUT2D eigenvalue weighted by atomic mass is 10.1. The quantitative estimate of drug-likeness (QED) is 0.508. The van der Waals surface area contributed by atoms with Crippen LogP contribution in [0.4, 0.5) is 0 Å². The third-order valence-corrected chi connectivity index (χ3v) is 2.48. The summed E-state index contributed by atoms with van der Waals surface area (Å²) in [4.78, 5) is 10.2. The Balaban J connectivity index is 3.33. The van der Waals surface area contributed by atoms with Crippen LogP contribution in [0.25, 0.3) is 0 Å². The Labute approximate surface area is 91.7 Å². The van der Waals surface area contributed by atoms with E-state index < -0.39 is 5.97 Å². The van der Waals surface area contributed by atoms with Gasteiger partial charge in [-0.25, -0.2) is 0 Å². The van der Waals surface area contributed by atoms with Gasteiger partial charge >= 0.3 is 5.97 Å². The first-order valence-corrected chi connectivity index (χ1v) is 5.64. The fourth-order valence-electron chi connectivity index (χ4n) is 1.38. The van der Waals surface area contributed by atoms with Crippen LogP contribution in [0.15, 0.2) is 0 Å². The Bertz CT molecular complexity index is 171. The molecule has 4 nitrogen and oxygen atoms in total. The Hall–Kier alpha value is -0.610. The minimum absolute atomic E-state index is 0.157. The number of aliphatic hydroxyl groups excluding tert-OH is 1. The first-order valence-electron chi connectivity index (χ1n) is 5.64. The highest BCUT2D eigenvalue weighted by atomic mass is 16.4. The molecule has 0 saturated heterocycles. The van der Waals surface area contributed by atoms with Crippen LogP contribution in [0.5, 0.6) is 0 Å². The number of nitrogens with one attached hydrogen (secondary N) is 1. The van der Waals surface area contributed by atoms with Crippen molar-refractivity contribution in [1.29, 1.82) is 0 Å². The van der Waals surface area contributed by atoms with E-state index >= 15 is 0 Å². The number of aliphatic hydroxyl groups is 1. The van der Waals surface area contributed by atoms with E-state index in [9.17, 15) is 4.79 Å². The number of unbranched alkanes of at least 4 members (excludes halogenated alkanes) is 2. The predicted molar refractivity (Wildman–Crippen MR) is 59.8 cm³/mol. The maximum absolute atomic E-state index is 10.2. The lowest BCUT2D eigenvalue weighted by molar-refractivity contribution is -0.137. The van der Waals surface area contributed by atoms with Crippen molar-refractivity contribution in [1.82, 2.24) is 5.32 Å². The maximum Gasteiger partial charge on any atom is 0.303 e. The molecule has 0 aromatic heterocycles. The van der Waals surface area contributed by atoms with Gasteiger partial charge in [0.1, 0.15) is 0 Å². The number of carbonyl (C=O) groups is 1. The summed E-state index contributed by atoms with van der Waals surface area (Å²) in [5.74, 6) is -0.299. The van der Waals surface area contributed by atoms with Crippen molar-refractivity contribution in [2.75, 3.05) is 13.2 Å². The molecule has 0 amide bonds. The molecule has 0 spiro atoms. The molecule has 0 radical (unpaired) electrons. The van der Waals surface area contributed by atoms with Gasteiger partial charge in [0.05, 0.1) is 6.61 Å². The standard InChI is InChI=1S/C11H23NO3/c1-9(2)10(8-13)12-7-5-3-4-6-11(14)15/h9-10,12-13H,3-8H2,1-2H3,(H,14,15). The molecule has 0 heterocycles. The van der Waals surface area contributed by atoms with Gasteiger partial charge in [0.25, 0.3) is 0 Å². The number of carboxylic acids is 1. The van der Waals surface area contributed by atoms with Crippen molar-refractivity contribution in [3.63, 3.8) is 0 Å². The average Bonchev–Trinajstić information content (AvgIpc) is 2.15. The van der Waals surface area contributed by atoms with E-state index in [1.54, 1.807) is 0 Å². The van der Waals surface area contributed by atoms with E-state index in [2.05, 4.69) is 19.2 Å². The first kappa shape index (κ1) is 14.4. The van der Waals surface area contributed by atoms with E-state index in [1.807, 2.05) is 0 Å². The third kappa shape index (κ3) is 8.39. The molecule has 0 fully saturated rings. The van der Waals surface area contributed by atoms with E-state index in [1.165, 1.54) is 0 Å². The second-order valence-electron chi connectivity index (χ2n) is 4.19. The summed E-state index contributed by atoms with van der Waals surface area (Å²) >= 11 is 0. The molecule has 0 aromatic rings. The molecule has 0 saturated carbocycles. The van der Waals surface area contributed by atoms with Crippen LogP contribution in [0, 0.1) is 5.92 Å². The fraction of sp³-hybridized carbons (Fsp3) is 0.909. The lowest BCUT2D eigenvalue weighted by Gasteiger charge is -2.19. The number of hydrogen-bond acceptors (Lipinski definition) is 3. The zero-order valence-electron chi connectivity index (χ0n) is 9.70. The summed E-state index contributed by atoms with van der Waals surface area (Å²) < 4.78 is 0. The van der Waals surface area contributed by atoms with Gasteiger partial charge in [-0.3, -0.25) is 4.79 Å². The first-order chi connectivity index (χ1) is 7.07. The topological polar surface area (TPSA) is 69.6 Å². The molecule has 1 unspecified atom stereocenters. The fourth-order valence-corrected chi connectivity index (χ4v) is 1.38. The lowest BCUT2D eigenvalue weighted by Crippen LogP contribution is -2.37. The zero-order valence-corrected chi connectivity index (χ0v) is 9.70. The summed E-state index contributed by atoms with van der Waals surface area (Å²) in [7, 11) is 0. The second-order valence-corrected chi connectivity index (χ2v) is 4.19. The number of hydrogen-bond donors (Lipinski definition) is 3. The van der Waals surface area contributed by atoms with Crippen LogP contribution in [0.1, 0.15) is 39.5 Å². The normalized spacial score (nSPS) is 13.1. The van der Waals surface area contributed by atoms with Gasteiger partial charge in [-0.1, -0.05) is 20.3 Å². The Morgan fingerprint density at radius 2 is 1.93 bits per heavy atom. The molecule has 3 N–H and O–H groups in total. The van der Waals surface area contributed by atoms with Crippen molar-refractivity contribution >= 4 is 5.97 Å². The van der Waals surface area contributed by atoms with Gasteiger partial charge in [-0.15, -0.1) is 0 Å². The van der Waals surface area contributed by atoms with E-state index in [0.717, 1.165) is 25.8 Å². The Kier molecular flexibility index (Phi) is 8.33. The second kappa shape index (κ2) is 8.68. The summed E-state index contributed by atoms with van der Waals surface area (Å²) in [5.41, 5.74) is 0. The summed E-state index contributed by atoms with van der Waals surface area (Å²) in [6.07, 6.45) is 2.89. The molecule has 4 heteroatoms. The van der Waals surface area contributed by atoms with E-state index in [0.29, 0.717) is 5.92 Å². The SMILES string of the molecule is CC(C)C(CO)NCCCCCC(=O)O. The zero-order chi connectivity index (χ0) is 11.7. The van der Waals surface area contributed by atoms with Crippen LogP contribution in [0.2, 0.25) is 0 Å². The summed E-state index contributed by atoms with van der Waals surface area (Å²) in [6.45, 7) is 5.15. The van der Waals surface area contributed by atoms with Crippen molar-refractivity contribution in [2.24, 2.45) is 5.92 Å². The van der Waals surface area contributed by atoms with E-state index in [4.69, 9.17) is 10.2 Å². The van der Waals surface area contributed by atoms with Gasteiger partial charge in [-0.05, 0) is 25.3 Å². The molecule has 90 valence electrons. The third-order valence-electron chi connectivity index (χ3n) is 2.48. The highest BCUT2D eigenvalue weighted by Crippen LogP contribution is 2.02. The minimum atomic E-state index is -0.724. The monoisotopic (exact) mass is 217 g/mol. The average molecular weight is 217 g/mol. The van der Waals surface area contributed by atoms with Crippen LogP contribution in [-0.2, 0) is 4.79 Å². The molecule has 1 atom stereocenters. The molecule has 15 heavy (non-hydrogen) atoms. The van der Waals surface area contributed by atoms with Crippen LogP contribution < -0.4 is 5.32 Å². The van der Waals surface area contributed by atoms with Gasteiger partial charge in [0.15, 0.2) is 0 Å². The molecule has 0 aromatic carbocycles. The van der Waals surface area contributed by atoms with E-state index in [-0.39, 0.29) is 19.1 Å². The van der Waals surface area contributed by atoms with Gasteiger partial charge in [-0.2, -0.15) is 0 Å². The minimum Gasteiger partial charge on any atom is -0.481 e. The van der Waals surface area contributed by atoms with Crippen LogP contribution >= 0.6 is 0 Å². The van der Waals surface area contributed by atoms with Crippen molar-refractivity contribution < 1.29 is 15.0 Å². The van der Waals surface area contributed by atoms with Crippen molar-refractivity contribution in [3.8, 4) is 0 Å². The van der Waals surface area contributed by atoms with Crippen LogP contribution in [0.3, 0.4) is 0 Å². The molecule has 0 aliphatic rings. The molecular weight excluding hydrogens is 194 g/mol. The molecular formula is C11H23NO3. The summed E-state index contributed by atoms with van der Waals surface area (Å²) in [5, 5.41) is 20.7. The predicted octanol–water partition coefficient (Wildman–Crippen LogP) is 1.24. The smallest absolute Gasteiger partial charge is 0.303 e. The number of aliphatic carboxylic acids is 1. The largest absolute Gasteiger partial charge is 0.481 e. The van der Waals surface area contributed by atoms with Gasteiger partial charge in [0.2, 0.25) is 0 Å².